The first-order valence-corrected chi connectivity index (χ1v) is 25.1. The first-order chi connectivity index (χ1) is 33.2. The Balaban J connectivity index is 0.000000360. The highest BCUT2D eigenvalue weighted by Crippen LogP contribution is 2.21. The van der Waals surface area contributed by atoms with E-state index in [1.165, 1.54) is 101 Å². The Bertz CT molecular complexity index is 1740. The van der Waals surface area contributed by atoms with Gasteiger partial charge in [0.05, 0.1) is 13.2 Å². The molecule has 0 bridgehead atoms. The van der Waals surface area contributed by atoms with Crippen LogP contribution in [0.15, 0.2) is 121 Å². The molecule has 4 rings (SSSR count). The fourth-order valence-electron chi connectivity index (χ4n) is 6.83. The minimum Gasteiger partial charge on any atom is -0.494 e. The summed E-state index contributed by atoms with van der Waals surface area (Å²) < 4.78 is 32.3. The van der Waals surface area contributed by atoms with Crippen LogP contribution >= 0.6 is 0 Å². The lowest BCUT2D eigenvalue weighted by molar-refractivity contribution is -0.131. The number of hydrogen-bond donors (Lipinski definition) is 0. The molecule has 0 radical (unpaired) electrons. The number of aryl methyl sites for hydroxylation is 2. The number of rotatable bonds is 32. The van der Waals surface area contributed by atoms with Gasteiger partial charge in [0, 0.05) is 24.3 Å². The first-order valence-electron chi connectivity index (χ1n) is 25.1. The summed E-state index contributed by atoms with van der Waals surface area (Å²) in [6.07, 6.45) is 27.9. The predicted molar refractivity (Wildman–Crippen MR) is 271 cm³/mol. The molecule has 0 aromatic heterocycles. The van der Waals surface area contributed by atoms with Crippen molar-refractivity contribution in [2.45, 2.75) is 156 Å². The fraction of sp³-hybridized carbons (Fsp3) is 0.448. The average Bonchev–Trinajstić information content (AvgIpc) is 3.35. The monoisotopic (exact) mass is 933 g/mol. The van der Waals surface area contributed by atoms with Crippen molar-refractivity contribution in [3.05, 3.63) is 132 Å². The van der Waals surface area contributed by atoms with Crippen LogP contribution in [0.1, 0.15) is 154 Å². The van der Waals surface area contributed by atoms with Gasteiger partial charge in [-0.15, -0.1) is 0 Å². The van der Waals surface area contributed by atoms with Gasteiger partial charge < -0.3 is 28.4 Å². The van der Waals surface area contributed by atoms with Crippen LogP contribution in [-0.2, 0) is 32.0 Å². The van der Waals surface area contributed by atoms with E-state index in [0.29, 0.717) is 36.2 Å². The van der Waals surface area contributed by atoms with E-state index in [0.717, 1.165) is 74.3 Å². The topological polar surface area (TPSA) is 124 Å². The van der Waals surface area contributed by atoms with Crippen LogP contribution in [0.2, 0.25) is 0 Å². The van der Waals surface area contributed by atoms with E-state index >= 15 is 0 Å². The third kappa shape index (κ3) is 26.9. The van der Waals surface area contributed by atoms with Gasteiger partial charge in [-0.25, -0.2) is 19.2 Å². The molecule has 0 saturated heterocycles. The maximum Gasteiger partial charge on any atom is 0.336 e. The average molecular weight is 933 g/mol. The molecule has 4 aromatic rings. The van der Waals surface area contributed by atoms with Crippen LogP contribution in [0, 0.1) is 0 Å². The van der Waals surface area contributed by atoms with Gasteiger partial charge in [0.25, 0.3) is 0 Å². The summed E-state index contributed by atoms with van der Waals surface area (Å²) in [5.74, 6) is 0.551. The van der Waals surface area contributed by atoms with Crippen molar-refractivity contribution in [2.24, 2.45) is 0 Å². The highest BCUT2D eigenvalue weighted by atomic mass is 16.5. The van der Waals surface area contributed by atoms with E-state index < -0.39 is 23.9 Å². The molecule has 0 N–H and O–H groups in total. The minimum atomic E-state index is -0.669. The SMILES string of the molecule is CCCCCCCc1ccc(OC(=O)/C=C\C(=O)Oc2ccc(CCCCCCC)cc2)cc1.CCCCCCOc1ccc(OC(=O)/C=C\C(=O)Oc2ccc(OCCCCCC)cc2)cc1. The highest BCUT2D eigenvalue weighted by molar-refractivity contribution is 5.94. The Kier molecular flexibility index (Phi) is 29.7. The van der Waals surface area contributed by atoms with Crippen LogP contribution < -0.4 is 28.4 Å². The van der Waals surface area contributed by atoms with Crippen LogP contribution in [-0.4, -0.2) is 37.1 Å². The number of unbranched alkanes of at least 4 members (excludes halogenated alkanes) is 14. The first kappa shape index (κ1) is 56.2. The molecule has 0 atom stereocenters. The van der Waals surface area contributed by atoms with E-state index in [1.807, 2.05) is 24.3 Å². The second kappa shape index (κ2) is 36.0. The zero-order valence-corrected chi connectivity index (χ0v) is 41.2. The fourth-order valence-corrected chi connectivity index (χ4v) is 6.83. The van der Waals surface area contributed by atoms with Gasteiger partial charge in [0.15, 0.2) is 0 Å². The lowest BCUT2D eigenvalue weighted by Gasteiger charge is -2.07. The molecule has 0 aliphatic carbocycles. The van der Waals surface area contributed by atoms with Crippen molar-refractivity contribution < 1.29 is 47.6 Å². The largest absolute Gasteiger partial charge is 0.494 e. The summed E-state index contributed by atoms with van der Waals surface area (Å²) in [4.78, 5) is 48.0. The van der Waals surface area contributed by atoms with Crippen LogP contribution in [0.4, 0.5) is 0 Å². The van der Waals surface area contributed by atoms with Gasteiger partial charge in [0.1, 0.15) is 34.5 Å². The summed E-state index contributed by atoms with van der Waals surface area (Å²) in [6, 6.07) is 28.7. The van der Waals surface area contributed by atoms with E-state index in [1.54, 1.807) is 72.8 Å². The maximum absolute atomic E-state index is 12.0. The van der Waals surface area contributed by atoms with Crippen molar-refractivity contribution in [1.29, 1.82) is 0 Å². The second-order valence-corrected chi connectivity index (χ2v) is 16.7. The van der Waals surface area contributed by atoms with Crippen LogP contribution in [0.25, 0.3) is 0 Å². The Labute approximate surface area is 406 Å². The van der Waals surface area contributed by atoms with Crippen molar-refractivity contribution >= 4 is 23.9 Å². The molecule has 10 nitrogen and oxygen atoms in total. The second-order valence-electron chi connectivity index (χ2n) is 16.7. The number of esters is 4. The molecular weight excluding hydrogens is 857 g/mol. The third-order valence-electron chi connectivity index (χ3n) is 10.8. The molecule has 10 heteroatoms. The van der Waals surface area contributed by atoms with Gasteiger partial charge in [-0.2, -0.15) is 0 Å². The summed E-state index contributed by atoms with van der Waals surface area (Å²) in [5, 5.41) is 0. The molecule has 0 heterocycles. The highest BCUT2D eigenvalue weighted by Gasteiger charge is 2.08. The Morgan fingerprint density at radius 1 is 0.309 bits per heavy atom. The molecule has 0 aliphatic heterocycles. The molecule has 0 spiro atoms. The molecule has 368 valence electrons. The normalized spacial score (nSPS) is 10.9. The Morgan fingerprint density at radius 2 is 0.544 bits per heavy atom. The Morgan fingerprint density at radius 3 is 0.824 bits per heavy atom. The summed E-state index contributed by atoms with van der Waals surface area (Å²) in [7, 11) is 0. The lowest BCUT2D eigenvalue weighted by Crippen LogP contribution is -2.08. The van der Waals surface area contributed by atoms with Gasteiger partial charge in [-0.1, -0.05) is 142 Å². The van der Waals surface area contributed by atoms with E-state index in [2.05, 4.69) is 27.7 Å². The molecule has 4 aromatic carbocycles. The van der Waals surface area contributed by atoms with Crippen molar-refractivity contribution in [3.8, 4) is 34.5 Å². The molecule has 0 amide bonds. The zero-order chi connectivity index (χ0) is 48.9. The summed E-state index contributed by atoms with van der Waals surface area (Å²) in [6.45, 7) is 10.1. The van der Waals surface area contributed by atoms with E-state index in [4.69, 9.17) is 28.4 Å². The molecule has 0 unspecified atom stereocenters. The van der Waals surface area contributed by atoms with Gasteiger partial charge >= 0.3 is 23.9 Å². The summed E-state index contributed by atoms with van der Waals surface area (Å²) >= 11 is 0. The maximum atomic E-state index is 12.0. The molecule has 0 fully saturated rings. The third-order valence-corrected chi connectivity index (χ3v) is 10.8. The van der Waals surface area contributed by atoms with Gasteiger partial charge in [0.2, 0.25) is 0 Å². The smallest absolute Gasteiger partial charge is 0.336 e. The van der Waals surface area contributed by atoms with Gasteiger partial charge in [-0.05, 0) is 122 Å². The molecule has 68 heavy (non-hydrogen) atoms. The zero-order valence-electron chi connectivity index (χ0n) is 41.2. The molecular formula is C58H76O10. The minimum absolute atomic E-state index is 0.367. The number of carbonyl (C=O) groups is 4. The predicted octanol–water partition coefficient (Wildman–Crippen LogP) is 14.5. The van der Waals surface area contributed by atoms with Crippen LogP contribution in [0.3, 0.4) is 0 Å². The van der Waals surface area contributed by atoms with Crippen LogP contribution in [0.5, 0.6) is 34.5 Å². The quantitative estimate of drug-likeness (QED) is 0.0202. The number of hydrogen-bond acceptors (Lipinski definition) is 10. The van der Waals surface area contributed by atoms with E-state index in [9.17, 15) is 19.2 Å². The van der Waals surface area contributed by atoms with Crippen molar-refractivity contribution in [3.63, 3.8) is 0 Å². The van der Waals surface area contributed by atoms with E-state index in [-0.39, 0.29) is 0 Å². The van der Waals surface area contributed by atoms with Crippen molar-refractivity contribution in [2.75, 3.05) is 13.2 Å². The number of benzene rings is 4. The lowest BCUT2D eigenvalue weighted by atomic mass is 10.1. The van der Waals surface area contributed by atoms with Gasteiger partial charge in [-0.3, -0.25) is 0 Å². The van der Waals surface area contributed by atoms with Crippen molar-refractivity contribution in [1.82, 2.24) is 0 Å². The summed E-state index contributed by atoms with van der Waals surface area (Å²) in [5.41, 5.74) is 2.47. The standard InChI is InChI=1S/C30H40O4.C28H36O6/c1-3-5-7-9-11-13-25-15-19-27(20-16-25)33-29(31)23-24-30(32)34-28-21-17-26(18-22-28)14-12-10-8-6-4-2;1-3-5-7-9-21-31-23-11-15-25(16-12-23)33-27(29)19-20-28(30)34-26-17-13-24(14-18-26)32-22-10-8-6-4-2/h15-24H,3-14H2,1-2H3;11-20H,3-10,21-22H2,1-2H3/b24-23-;20-19-. The Hall–Kier alpha value is -6.16. The molecule has 0 aliphatic rings. The number of ether oxygens (including phenoxy) is 6. The molecule has 0 saturated carbocycles. The number of carbonyl (C=O) groups excluding carboxylic acids is 4.